The zero-order chi connectivity index (χ0) is 16.6. The van der Waals surface area contributed by atoms with E-state index in [0.717, 1.165) is 32.3 Å². The zero-order valence-corrected chi connectivity index (χ0v) is 15.5. The second-order valence-corrected chi connectivity index (χ2v) is 8.68. The third-order valence-corrected chi connectivity index (χ3v) is 7.94. The van der Waals surface area contributed by atoms with Gasteiger partial charge >= 0.3 is 0 Å². The smallest absolute Gasteiger partial charge is 0.241 e. The molecule has 2 rings (SSSR count). The molecule has 1 aliphatic carbocycles. The molecule has 2 fully saturated rings. The lowest BCUT2D eigenvalue weighted by atomic mass is 9.46. The predicted octanol–water partition coefficient (Wildman–Crippen LogP) is 2.56. The highest BCUT2D eigenvalue weighted by Crippen LogP contribution is 2.57. The van der Waals surface area contributed by atoms with Crippen molar-refractivity contribution >= 4 is 17.7 Å². The minimum atomic E-state index is -0.802. The molecule has 1 amide bonds. The molecule has 0 bridgehead atoms. The molecule has 0 spiro atoms. The van der Waals surface area contributed by atoms with Crippen LogP contribution in [-0.4, -0.2) is 41.7 Å². The molecule has 1 saturated carbocycles. The molecule has 1 saturated heterocycles. The molecule has 0 aromatic carbocycles. The van der Waals surface area contributed by atoms with Crippen molar-refractivity contribution < 1.29 is 9.53 Å². The fourth-order valence-corrected chi connectivity index (χ4v) is 5.08. The van der Waals surface area contributed by atoms with Gasteiger partial charge in [-0.25, -0.2) is 0 Å². The highest BCUT2D eigenvalue weighted by molar-refractivity contribution is 8.00. The molecule has 0 aromatic heterocycles. The summed E-state index contributed by atoms with van der Waals surface area (Å²) in [7, 11) is 0. The Morgan fingerprint density at radius 2 is 2.05 bits per heavy atom. The molecule has 5 heteroatoms. The Balaban J connectivity index is 2.08. The van der Waals surface area contributed by atoms with Crippen LogP contribution in [0.2, 0.25) is 0 Å². The van der Waals surface area contributed by atoms with Gasteiger partial charge in [-0.2, -0.15) is 11.8 Å². The SMILES string of the molecule is CCC(CC)(CNC(=O)C1(N)C2CCCOC2C1(C)C)SC. The highest BCUT2D eigenvalue weighted by Gasteiger charge is 2.70. The highest BCUT2D eigenvalue weighted by atomic mass is 32.2. The van der Waals surface area contributed by atoms with Crippen LogP contribution in [0.3, 0.4) is 0 Å². The number of nitrogens with two attached hydrogens (primary N) is 1. The Morgan fingerprint density at radius 3 is 2.59 bits per heavy atom. The van der Waals surface area contributed by atoms with Crippen LogP contribution in [0.1, 0.15) is 53.4 Å². The molecule has 0 aromatic rings. The maximum atomic E-state index is 12.9. The van der Waals surface area contributed by atoms with Gasteiger partial charge in [0, 0.05) is 29.2 Å². The number of ether oxygens (including phenoxy) is 1. The second kappa shape index (κ2) is 6.33. The first-order valence-electron chi connectivity index (χ1n) is 8.53. The van der Waals surface area contributed by atoms with Gasteiger partial charge in [0.25, 0.3) is 0 Å². The predicted molar refractivity (Wildman–Crippen MR) is 93.0 cm³/mol. The number of rotatable bonds is 6. The monoisotopic (exact) mass is 328 g/mol. The quantitative estimate of drug-likeness (QED) is 0.786. The summed E-state index contributed by atoms with van der Waals surface area (Å²) < 4.78 is 6.00. The Labute approximate surface area is 139 Å². The van der Waals surface area contributed by atoms with Crippen LogP contribution in [0.4, 0.5) is 0 Å². The first kappa shape index (κ1) is 18.1. The van der Waals surface area contributed by atoms with Crippen molar-refractivity contribution in [2.75, 3.05) is 19.4 Å². The third-order valence-electron chi connectivity index (χ3n) is 6.35. The van der Waals surface area contributed by atoms with Gasteiger partial charge in [-0.15, -0.1) is 0 Å². The van der Waals surface area contributed by atoms with Crippen LogP contribution in [0.5, 0.6) is 0 Å². The standard InChI is InChI=1S/C17H32N2O2S/c1-6-16(7-2,22-5)11-19-14(20)17(18)12-9-8-10-21-13(12)15(17,3)4/h12-13H,6-11,18H2,1-5H3,(H,19,20). The molecule has 128 valence electrons. The number of hydrogen-bond acceptors (Lipinski definition) is 4. The maximum absolute atomic E-state index is 12.9. The van der Waals surface area contributed by atoms with Crippen molar-refractivity contribution in [3.63, 3.8) is 0 Å². The van der Waals surface area contributed by atoms with E-state index in [1.165, 1.54) is 0 Å². The molecule has 3 atom stereocenters. The van der Waals surface area contributed by atoms with E-state index in [1.807, 2.05) is 11.8 Å². The lowest BCUT2D eigenvalue weighted by molar-refractivity contribution is -0.225. The molecular weight excluding hydrogens is 296 g/mol. The summed E-state index contributed by atoms with van der Waals surface area (Å²) in [4.78, 5) is 12.9. The van der Waals surface area contributed by atoms with Crippen LogP contribution in [0, 0.1) is 11.3 Å². The van der Waals surface area contributed by atoms with Crippen molar-refractivity contribution in [1.82, 2.24) is 5.32 Å². The minimum Gasteiger partial charge on any atom is -0.377 e. The normalized spacial score (nSPS) is 33.7. The summed E-state index contributed by atoms with van der Waals surface area (Å²) in [6.45, 7) is 9.99. The first-order valence-corrected chi connectivity index (χ1v) is 9.75. The Morgan fingerprint density at radius 1 is 1.41 bits per heavy atom. The fourth-order valence-electron chi connectivity index (χ4n) is 4.29. The summed E-state index contributed by atoms with van der Waals surface area (Å²) >= 11 is 1.84. The van der Waals surface area contributed by atoms with E-state index < -0.39 is 5.54 Å². The molecule has 3 unspecified atom stereocenters. The maximum Gasteiger partial charge on any atom is 0.241 e. The lowest BCUT2D eigenvalue weighted by Crippen LogP contribution is -2.82. The largest absolute Gasteiger partial charge is 0.377 e. The van der Waals surface area contributed by atoms with Crippen LogP contribution in [-0.2, 0) is 9.53 Å². The van der Waals surface area contributed by atoms with Crippen molar-refractivity contribution in [3.8, 4) is 0 Å². The van der Waals surface area contributed by atoms with Gasteiger partial charge in [0.1, 0.15) is 5.54 Å². The van der Waals surface area contributed by atoms with E-state index in [2.05, 4.69) is 39.3 Å². The van der Waals surface area contributed by atoms with Gasteiger partial charge in [0.05, 0.1) is 6.10 Å². The van der Waals surface area contributed by atoms with Crippen LogP contribution in [0.25, 0.3) is 0 Å². The molecule has 3 N–H and O–H groups in total. The average Bonchev–Trinajstić information content (AvgIpc) is 2.55. The molecule has 22 heavy (non-hydrogen) atoms. The summed E-state index contributed by atoms with van der Waals surface area (Å²) in [6, 6.07) is 0. The van der Waals surface area contributed by atoms with E-state index >= 15 is 0 Å². The first-order chi connectivity index (χ1) is 10.3. The van der Waals surface area contributed by atoms with Gasteiger partial charge in [-0.05, 0) is 31.9 Å². The fraction of sp³-hybridized carbons (Fsp3) is 0.941. The average molecular weight is 329 g/mol. The van der Waals surface area contributed by atoms with E-state index in [4.69, 9.17) is 10.5 Å². The summed E-state index contributed by atoms with van der Waals surface area (Å²) in [5.41, 5.74) is 5.53. The number of carbonyl (C=O) groups is 1. The van der Waals surface area contributed by atoms with Gasteiger partial charge in [-0.3, -0.25) is 4.79 Å². The summed E-state index contributed by atoms with van der Waals surface area (Å²) in [6.07, 6.45) is 6.33. The molecule has 0 radical (unpaired) electrons. The summed E-state index contributed by atoms with van der Waals surface area (Å²) in [5, 5.41) is 3.17. The number of carbonyl (C=O) groups excluding carboxylic acids is 1. The van der Waals surface area contributed by atoms with Gasteiger partial charge in [-0.1, -0.05) is 27.7 Å². The van der Waals surface area contributed by atoms with Crippen LogP contribution in [0.15, 0.2) is 0 Å². The van der Waals surface area contributed by atoms with Crippen LogP contribution < -0.4 is 11.1 Å². The lowest BCUT2D eigenvalue weighted by Gasteiger charge is -2.65. The van der Waals surface area contributed by atoms with Gasteiger partial charge < -0.3 is 15.8 Å². The zero-order valence-electron chi connectivity index (χ0n) is 14.7. The van der Waals surface area contributed by atoms with Gasteiger partial charge in [0.2, 0.25) is 5.91 Å². The van der Waals surface area contributed by atoms with Crippen LogP contribution >= 0.6 is 11.8 Å². The number of nitrogens with one attached hydrogen (secondary N) is 1. The molecule has 4 nitrogen and oxygen atoms in total. The van der Waals surface area contributed by atoms with Crippen molar-refractivity contribution in [3.05, 3.63) is 0 Å². The third kappa shape index (κ3) is 2.49. The Hall–Kier alpha value is -0.260. The topological polar surface area (TPSA) is 64.4 Å². The molecule has 2 aliphatic rings. The van der Waals surface area contributed by atoms with E-state index in [9.17, 15) is 4.79 Å². The second-order valence-electron chi connectivity index (χ2n) is 7.41. The van der Waals surface area contributed by atoms with Crippen molar-refractivity contribution in [1.29, 1.82) is 0 Å². The number of thioether (sulfide) groups is 1. The summed E-state index contributed by atoms with van der Waals surface area (Å²) in [5.74, 6) is 0.160. The van der Waals surface area contributed by atoms with Gasteiger partial charge in [0.15, 0.2) is 0 Å². The van der Waals surface area contributed by atoms with Crippen molar-refractivity contribution in [2.45, 2.75) is 69.8 Å². The van der Waals surface area contributed by atoms with E-state index in [-0.39, 0.29) is 28.1 Å². The van der Waals surface area contributed by atoms with E-state index in [0.29, 0.717) is 6.54 Å². The number of amides is 1. The molecule has 1 aliphatic heterocycles. The number of hydrogen-bond donors (Lipinski definition) is 2. The number of fused-ring (bicyclic) bond motifs is 1. The van der Waals surface area contributed by atoms with E-state index in [1.54, 1.807) is 0 Å². The Kier molecular flexibility index (Phi) is 5.20. The molecule has 1 heterocycles. The minimum absolute atomic E-state index is 0.00424. The molecular formula is C17H32N2O2S. The Bertz CT molecular complexity index is 415. The van der Waals surface area contributed by atoms with Crippen molar-refractivity contribution in [2.24, 2.45) is 17.1 Å².